The molecule has 156 valence electrons. The third-order valence-electron chi connectivity index (χ3n) is 4.23. The molecular weight excluding hydrogens is 469 g/mol. The molecule has 2 fully saturated rings. The average molecular weight is 505 g/mol. The van der Waals surface area contributed by atoms with Crippen LogP contribution in [0.25, 0.3) is 0 Å². The van der Waals surface area contributed by atoms with Gasteiger partial charge in [-0.25, -0.2) is 13.6 Å². The van der Waals surface area contributed by atoms with Gasteiger partial charge in [-0.1, -0.05) is 42.5 Å². The van der Waals surface area contributed by atoms with Crippen LogP contribution in [0.3, 0.4) is 0 Å². The van der Waals surface area contributed by atoms with E-state index in [4.69, 9.17) is 14.6 Å². The van der Waals surface area contributed by atoms with E-state index in [1.165, 1.54) is 18.1 Å². The fraction of sp³-hybridized carbons (Fsp3) is 0.882. The summed E-state index contributed by atoms with van der Waals surface area (Å²) >= 11 is 2.29. The first kappa shape index (κ1) is 26.2. The first-order chi connectivity index (χ1) is 12.3. The topological polar surface area (TPSA) is 93.9 Å². The molecule has 26 heavy (non-hydrogen) atoms. The van der Waals surface area contributed by atoms with E-state index in [1.54, 1.807) is 6.08 Å². The maximum Gasteiger partial charge on any atom is 0.214 e. The summed E-state index contributed by atoms with van der Waals surface area (Å²) in [4.78, 5) is 2.51. The number of nitrogens with zero attached hydrogens (tertiary/aromatic N) is 1. The second kappa shape index (κ2) is 15.2. The molecular formula is C17H36IN3O4S. The van der Waals surface area contributed by atoms with Gasteiger partial charge >= 0.3 is 0 Å². The SMILES string of the molecule is C1CN2CCOC[C@@H]2CN1.C=CC[C@H](C)[C@@H](COC)S(N)(=O)=O.CCI. The molecule has 0 aromatic heterocycles. The van der Waals surface area contributed by atoms with Crippen molar-refractivity contribution in [2.24, 2.45) is 11.1 Å². The van der Waals surface area contributed by atoms with E-state index >= 15 is 0 Å². The first-order valence-corrected chi connectivity index (χ1v) is 12.1. The van der Waals surface area contributed by atoms with Crippen molar-refractivity contribution < 1.29 is 17.9 Å². The van der Waals surface area contributed by atoms with E-state index in [2.05, 4.69) is 46.3 Å². The number of halogens is 1. The molecule has 0 radical (unpaired) electrons. The number of morpholine rings is 1. The van der Waals surface area contributed by atoms with E-state index in [0.717, 1.165) is 32.8 Å². The van der Waals surface area contributed by atoms with Crippen LogP contribution in [-0.4, -0.2) is 82.1 Å². The summed E-state index contributed by atoms with van der Waals surface area (Å²) in [5, 5.41) is 7.77. The van der Waals surface area contributed by atoms with Crippen LogP contribution in [0.5, 0.6) is 0 Å². The summed E-state index contributed by atoms with van der Waals surface area (Å²) < 4.78 is 33.6. The fourth-order valence-corrected chi connectivity index (χ4v) is 3.91. The van der Waals surface area contributed by atoms with Gasteiger partial charge < -0.3 is 14.8 Å². The Hall–Kier alpha value is 0.220. The summed E-state index contributed by atoms with van der Waals surface area (Å²) in [7, 11) is -2.06. The minimum atomic E-state index is -3.52. The molecule has 2 aliphatic heterocycles. The van der Waals surface area contributed by atoms with E-state index < -0.39 is 15.3 Å². The molecule has 3 N–H and O–H groups in total. The molecule has 0 amide bonds. The van der Waals surface area contributed by atoms with Crippen LogP contribution in [0.2, 0.25) is 0 Å². The summed E-state index contributed by atoms with van der Waals surface area (Å²) in [6.45, 7) is 14.1. The minimum absolute atomic E-state index is 0.0625. The second-order valence-corrected chi connectivity index (χ2v) is 9.63. The number of nitrogens with two attached hydrogens (primary N) is 1. The lowest BCUT2D eigenvalue weighted by Gasteiger charge is -2.39. The highest BCUT2D eigenvalue weighted by Gasteiger charge is 2.27. The Morgan fingerprint density at radius 1 is 1.50 bits per heavy atom. The number of hydrogen-bond donors (Lipinski definition) is 2. The lowest BCUT2D eigenvalue weighted by atomic mass is 10.0. The van der Waals surface area contributed by atoms with Crippen molar-refractivity contribution in [2.45, 2.75) is 31.6 Å². The van der Waals surface area contributed by atoms with Crippen LogP contribution >= 0.6 is 22.6 Å². The fourth-order valence-electron chi connectivity index (χ4n) is 2.82. The number of allylic oxidation sites excluding steroid dienone is 1. The van der Waals surface area contributed by atoms with Crippen LogP contribution in [0.1, 0.15) is 20.3 Å². The summed E-state index contributed by atoms with van der Waals surface area (Å²) in [5.41, 5.74) is 0. The molecule has 2 heterocycles. The molecule has 0 spiro atoms. The number of piperazine rings is 1. The quantitative estimate of drug-likeness (QED) is 0.321. The van der Waals surface area contributed by atoms with Gasteiger partial charge in [0.25, 0.3) is 0 Å². The second-order valence-electron chi connectivity index (χ2n) is 6.32. The highest BCUT2D eigenvalue weighted by Crippen LogP contribution is 2.14. The van der Waals surface area contributed by atoms with Crippen molar-refractivity contribution in [3.8, 4) is 0 Å². The van der Waals surface area contributed by atoms with Gasteiger partial charge in [-0.2, -0.15) is 0 Å². The predicted octanol–water partition coefficient (Wildman–Crippen LogP) is 1.23. The molecule has 0 saturated carbocycles. The highest BCUT2D eigenvalue weighted by atomic mass is 127. The Morgan fingerprint density at radius 3 is 2.65 bits per heavy atom. The Morgan fingerprint density at radius 2 is 2.15 bits per heavy atom. The number of hydrogen-bond acceptors (Lipinski definition) is 6. The van der Waals surface area contributed by atoms with Crippen molar-refractivity contribution in [1.29, 1.82) is 0 Å². The Balaban J connectivity index is 0.000000424. The Labute approximate surface area is 173 Å². The first-order valence-electron chi connectivity index (χ1n) is 9.01. The molecule has 7 nitrogen and oxygen atoms in total. The van der Waals surface area contributed by atoms with Gasteiger partial charge in [0.1, 0.15) is 5.25 Å². The van der Waals surface area contributed by atoms with Crippen LogP contribution in [0.4, 0.5) is 0 Å². The molecule has 2 rings (SSSR count). The van der Waals surface area contributed by atoms with Gasteiger partial charge in [0.15, 0.2) is 0 Å². The van der Waals surface area contributed by atoms with Crippen molar-refractivity contribution >= 4 is 32.6 Å². The normalized spacial score (nSPS) is 22.6. The van der Waals surface area contributed by atoms with Crippen LogP contribution in [-0.2, 0) is 19.5 Å². The molecule has 3 atom stereocenters. The largest absolute Gasteiger partial charge is 0.383 e. The van der Waals surface area contributed by atoms with Crippen LogP contribution in [0, 0.1) is 5.92 Å². The third-order valence-corrected chi connectivity index (χ3v) is 5.68. The van der Waals surface area contributed by atoms with E-state index in [-0.39, 0.29) is 12.5 Å². The Bertz CT molecular complexity index is 439. The number of nitrogens with one attached hydrogen (secondary N) is 1. The molecule has 9 heteroatoms. The number of ether oxygens (including phenoxy) is 2. The van der Waals surface area contributed by atoms with Gasteiger partial charge in [0.05, 0.1) is 19.8 Å². The zero-order chi connectivity index (χ0) is 20.0. The number of methoxy groups -OCH3 is 1. The number of primary sulfonamides is 1. The van der Waals surface area contributed by atoms with Crippen molar-refractivity contribution in [3.63, 3.8) is 0 Å². The lowest BCUT2D eigenvalue weighted by molar-refractivity contribution is -0.0168. The maximum absolute atomic E-state index is 11.1. The molecule has 0 aromatic rings. The van der Waals surface area contributed by atoms with Crippen molar-refractivity contribution in [1.82, 2.24) is 10.2 Å². The van der Waals surface area contributed by atoms with Gasteiger partial charge in [-0.3, -0.25) is 4.90 Å². The maximum atomic E-state index is 11.1. The van der Waals surface area contributed by atoms with Gasteiger partial charge in [0, 0.05) is 39.3 Å². The lowest BCUT2D eigenvalue weighted by Crippen LogP contribution is -2.56. The van der Waals surface area contributed by atoms with Crippen LogP contribution < -0.4 is 10.5 Å². The molecule has 2 saturated heterocycles. The van der Waals surface area contributed by atoms with E-state index in [1.807, 2.05) is 6.92 Å². The number of sulfonamides is 1. The summed E-state index contributed by atoms with van der Waals surface area (Å²) in [6, 6.07) is 0.655. The van der Waals surface area contributed by atoms with Gasteiger partial charge in [-0.15, -0.1) is 6.58 Å². The zero-order valence-electron chi connectivity index (χ0n) is 16.3. The van der Waals surface area contributed by atoms with Crippen molar-refractivity contribution in [3.05, 3.63) is 12.7 Å². The standard InChI is InChI=1S/C8H17NO3S.C7H14N2O.C2H5I/c1-4-5-7(2)8(6-12-3)13(9,10)11;1-2-9-3-4-10-6-7(9)5-8-1;1-2-3/h4,7-8H,1,5-6H2,2-3H3,(H2,9,10,11);7-8H,1-6H2;2H2,1H3/t7-,8+;7-;/m00./s1. The summed E-state index contributed by atoms with van der Waals surface area (Å²) in [5.74, 6) is -0.0625. The van der Waals surface area contributed by atoms with Gasteiger partial charge in [-0.05, 0) is 16.8 Å². The molecule has 0 bridgehead atoms. The third kappa shape index (κ3) is 11.2. The average Bonchev–Trinajstić information content (AvgIpc) is 2.60. The Kier molecular flexibility index (Phi) is 15.3. The zero-order valence-corrected chi connectivity index (χ0v) is 19.3. The van der Waals surface area contributed by atoms with Crippen molar-refractivity contribution in [2.75, 3.05) is 57.5 Å². The smallest absolute Gasteiger partial charge is 0.214 e. The highest BCUT2D eigenvalue weighted by molar-refractivity contribution is 14.1. The molecule has 0 unspecified atom stereocenters. The monoisotopic (exact) mass is 505 g/mol. The van der Waals surface area contributed by atoms with Crippen LogP contribution in [0.15, 0.2) is 12.7 Å². The van der Waals surface area contributed by atoms with E-state index in [0.29, 0.717) is 12.5 Å². The molecule has 2 aliphatic rings. The number of alkyl halides is 1. The van der Waals surface area contributed by atoms with Gasteiger partial charge in [0.2, 0.25) is 10.0 Å². The number of rotatable bonds is 6. The summed E-state index contributed by atoms with van der Waals surface area (Å²) in [6.07, 6.45) is 2.29. The number of fused-ring (bicyclic) bond motifs is 1. The molecule has 0 aliphatic carbocycles. The minimum Gasteiger partial charge on any atom is -0.383 e. The predicted molar refractivity (Wildman–Crippen MR) is 116 cm³/mol. The van der Waals surface area contributed by atoms with E-state index in [9.17, 15) is 8.42 Å². The molecule has 0 aromatic carbocycles.